The van der Waals surface area contributed by atoms with E-state index in [0.29, 0.717) is 6.04 Å². The lowest BCUT2D eigenvalue weighted by molar-refractivity contribution is -0.123. The largest absolute Gasteiger partial charge is 0.369 e. The van der Waals surface area contributed by atoms with Crippen molar-refractivity contribution in [3.05, 3.63) is 35.4 Å². The van der Waals surface area contributed by atoms with Gasteiger partial charge in [0.15, 0.2) is 0 Å². The Morgan fingerprint density at radius 3 is 2.37 bits per heavy atom. The SMILES string of the molecule is NC(=O)C1CCCCC1NC1Cc2ccccc2C1. The molecule has 2 unspecified atom stereocenters. The van der Waals surface area contributed by atoms with Gasteiger partial charge in [0.1, 0.15) is 0 Å². The minimum atomic E-state index is -0.132. The molecule has 2 aliphatic rings. The fraction of sp³-hybridized carbons (Fsp3) is 0.562. The van der Waals surface area contributed by atoms with Gasteiger partial charge in [0, 0.05) is 12.1 Å². The number of primary amides is 1. The second-order valence-corrected chi connectivity index (χ2v) is 5.94. The van der Waals surface area contributed by atoms with E-state index in [0.717, 1.165) is 32.1 Å². The molecular weight excluding hydrogens is 236 g/mol. The lowest BCUT2D eigenvalue weighted by atomic mass is 9.83. The smallest absolute Gasteiger partial charge is 0.222 e. The van der Waals surface area contributed by atoms with Gasteiger partial charge in [0.25, 0.3) is 0 Å². The molecule has 0 spiro atoms. The molecule has 0 bridgehead atoms. The molecule has 2 atom stereocenters. The summed E-state index contributed by atoms with van der Waals surface area (Å²) in [5.41, 5.74) is 8.44. The third-order valence-electron chi connectivity index (χ3n) is 4.63. The van der Waals surface area contributed by atoms with Crippen molar-refractivity contribution in [2.45, 2.75) is 50.6 Å². The number of carbonyl (C=O) groups is 1. The van der Waals surface area contributed by atoms with Crippen molar-refractivity contribution in [2.75, 3.05) is 0 Å². The molecule has 2 aliphatic carbocycles. The summed E-state index contributed by atoms with van der Waals surface area (Å²) in [6, 6.07) is 9.39. The van der Waals surface area contributed by atoms with Crippen molar-refractivity contribution in [3.8, 4) is 0 Å². The number of benzene rings is 1. The first-order chi connectivity index (χ1) is 9.24. The van der Waals surface area contributed by atoms with Gasteiger partial charge in [-0.15, -0.1) is 0 Å². The summed E-state index contributed by atoms with van der Waals surface area (Å²) >= 11 is 0. The van der Waals surface area contributed by atoms with Crippen LogP contribution in [0.1, 0.15) is 36.8 Å². The Labute approximate surface area is 114 Å². The van der Waals surface area contributed by atoms with Gasteiger partial charge >= 0.3 is 0 Å². The zero-order valence-electron chi connectivity index (χ0n) is 11.3. The number of hydrogen-bond acceptors (Lipinski definition) is 2. The predicted octanol–water partition coefficient (Wildman–Crippen LogP) is 1.79. The van der Waals surface area contributed by atoms with Crippen LogP contribution < -0.4 is 11.1 Å². The van der Waals surface area contributed by atoms with Crippen LogP contribution in [0.25, 0.3) is 0 Å². The van der Waals surface area contributed by atoms with Gasteiger partial charge in [0.2, 0.25) is 5.91 Å². The van der Waals surface area contributed by atoms with Crippen LogP contribution in [-0.2, 0) is 17.6 Å². The number of rotatable bonds is 3. The van der Waals surface area contributed by atoms with Gasteiger partial charge in [-0.05, 0) is 36.8 Å². The van der Waals surface area contributed by atoms with E-state index in [1.54, 1.807) is 0 Å². The van der Waals surface area contributed by atoms with E-state index in [1.165, 1.54) is 17.5 Å². The van der Waals surface area contributed by atoms with Crippen molar-refractivity contribution in [2.24, 2.45) is 11.7 Å². The average Bonchev–Trinajstić information content (AvgIpc) is 2.81. The number of carbonyl (C=O) groups excluding carboxylic acids is 1. The quantitative estimate of drug-likeness (QED) is 0.868. The third-order valence-corrected chi connectivity index (χ3v) is 4.63. The van der Waals surface area contributed by atoms with Crippen LogP contribution in [-0.4, -0.2) is 18.0 Å². The van der Waals surface area contributed by atoms with Crippen LogP contribution in [0.15, 0.2) is 24.3 Å². The average molecular weight is 258 g/mol. The van der Waals surface area contributed by atoms with Gasteiger partial charge in [-0.1, -0.05) is 37.1 Å². The molecule has 1 fully saturated rings. The van der Waals surface area contributed by atoms with Crippen molar-refractivity contribution in [1.29, 1.82) is 0 Å². The third kappa shape index (κ3) is 2.66. The molecular formula is C16H22N2O. The molecule has 1 amide bonds. The van der Waals surface area contributed by atoms with E-state index >= 15 is 0 Å². The number of amides is 1. The molecule has 1 aromatic carbocycles. The topological polar surface area (TPSA) is 55.1 Å². The first-order valence-corrected chi connectivity index (χ1v) is 7.36. The Kier molecular flexibility index (Phi) is 3.56. The van der Waals surface area contributed by atoms with Gasteiger partial charge < -0.3 is 11.1 Å². The molecule has 102 valence electrons. The molecule has 3 nitrogen and oxygen atoms in total. The Bertz CT molecular complexity index is 447. The fourth-order valence-corrected chi connectivity index (χ4v) is 3.65. The highest BCUT2D eigenvalue weighted by molar-refractivity contribution is 5.77. The van der Waals surface area contributed by atoms with Crippen molar-refractivity contribution in [3.63, 3.8) is 0 Å². The summed E-state index contributed by atoms with van der Waals surface area (Å²) in [6.07, 6.45) is 6.54. The van der Waals surface area contributed by atoms with Crippen LogP contribution in [0.3, 0.4) is 0 Å². The number of hydrogen-bond donors (Lipinski definition) is 2. The molecule has 3 rings (SSSR count). The molecule has 0 saturated heterocycles. The maximum Gasteiger partial charge on any atom is 0.222 e. The van der Waals surface area contributed by atoms with Crippen LogP contribution in [0, 0.1) is 5.92 Å². The van der Waals surface area contributed by atoms with E-state index in [1.807, 2.05) is 0 Å². The number of nitrogens with two attached hydrogens (primary N) is 1. The van der Waals surface area contributed by atoms with Crippen molar-refractivity contribution < 1.29 is 4.79 Å². The number of nitrogens with one attached hydrogen (secondary N) is 1. The fourth-order valence-electron chi connectivity index (χ4n) is 3.65. The van der Waals surface area contributed by atoms with E-state index in [9.17, 15) is 4.79 Å². The van der Waals surface area contributed by atoms with Gasteiger partial charge in [-0.25, -0.2) is 0 Å². The summed E-state index contributed by atoms with van der Waals surface area (Å²) < 4.78 is 0. The van der Waals surface area contributed by atoms with Crippen LogP contribution in [0.4, 0.5) is 0 Å². The summed E-state index contributed by atoms with van der Waals surface area (Å²) in [4.78, 5) is 11.5. The Hall–Kier alpha value is -1.35. The van der Waals surface area contributed by atoms with Gasteiger partial charge in [-0.2, -0.15) is 0 Å². The first-order valence-electron chi connectivity index (χ1n) is 7.36. The van der Waals surface area contributed by atoms with E-state index in [-0.39, 0.29) is 17.9 Å². The Balaban J connectivity index is 1.64. The molecule has 3 N–H and O–H groups in total. The van der Waals surface area contributed by atoms with Gasteiger partial charge in [-0.3, -0.25) is 4.79 Å². The normalized spacial score (nSPS) is 27.2. The minimum Gasteiger partial charge on any atom is -0.369 e. The molecule has 1 saturated carbocycles. The van der Waals surface area contributed by atoms with Crippen molar-refractivity contribution in [1.82, 2.24) is 5.32 Å². The highest BCUT2D eigenvalue weighted by atomic mass is 16.1. The number of fused-ring (bicyclic) bond motifs is 1. The molecule has 1 aromatic rings. The second kappa shape index (κ2) is 5.33. The molecule has 3 heteroatoms. The Morgan fingerprint density at radius 1 is 1.11 bits per heavy atom. The second-order valence-electron chi connectivity index (χ2n) is 5.94. The van der Waals surface area contributed by atoms with E-state index in [4.69, 9.17) is 5.73 Å². The van der Waals surface area contributed by atoms with Crippen LogP contribution in [0.2, 0.25) is 0 Å². The summed E-state index contributed by atoms with van der Waals surface area (Å²) in [7, 11) is 0. The maximum atomic E-state index is 11.5. The maximum absolute atomic E-state index is 11.5. The van der Waals surface area contributed by atoms with Crippen LogP contribution in [0.5, 0.6) is 0 Å². The lowest BCUT2D eigenvalue weighted by Crippen LogP contribution is -2.48. The zero-order valence-corrected chi connectivity index (χ0v) is 11.3. The first kappa shape index (κ1) is 12.7. The molecule has 0 heterocycles. The molecule has 0 radical (unpaired) electrons. The van der Waals surface area contributed by atoms with E-state index < -0.39 is 0 Å². The van der Waals surface area contributed by atoms with E-state index in [2.05, 4.69) is 29.6 Å². The highest BCUT2D eigenvalue weighted by Crippen LogP contribution is 2.27. The standard InChI is InChI=1S/C16H22N2O/c17-16(19)14-7-3-4-8-15(14)18-13-9-11-5-1-2-6-12(11)10-13/h1-2,5-6,13-15,18H,3-4,7-10H2,(H2,17,19). The molecule has 0 aliphatic heterocycles. The van der Waals surface area contributed by atoms with Gasteiger partial charge in [0.05, 0.1) is 5.92 Å². The molecule has 19 heavy (non-hydrogen) atoms. The summed E-state index contributed by atoms with van der Waals surface area (Å²) in [5.74, 6) is -0.106. The predicted molar refractivity (Wildman–Crippen MR) is 75.7 cm³/mol. The summed E-state index contributed by atoms with van der Waals surface area (Å²) in [5, 5.41) is 3.70. The monoisotopic (exact) mass is 258 g/mol. The Morgan fingerprint density at radius 2 is 1.74 bits per heavy atom. The zero-order chi connectivity index (χ0) is 13.2. The summed E-state index contributed by atoms with van der Waals surface area (Å²) in [6.45, 7) is 0. The minimum absolute atomic E-state index is 0.0254. The van der Waals surface area contributed by atoms with Crippen molar-refractivity contribution >= 4 is 5.91 Å². The highest BCUT2D eigenvalue weighted by Gasteiger charge is 2.32. The lowest BCUT2D eigenvalue weighted by Gasteiger charge is -2.32. The molecule has 0 aromatic heterocycles. The van der Waals surface area contributed by atoms with Crippen LogP contribution >= 0.6 is 0 Å².